The summed E-state index contributed by atoms with van der Waals surface area (Å²) in [6.07, 6.45) is 0. The van der Waals surface area contributed by atoms with Crippen molar-refractivity contribution in [3.05, 3.63) is 59.7 Å². The number of methoxy groups -OCH3 is 1. The predicted octanol–water partition coefficient (Wildman–Crippen LogP) is 2.75. The summed E-state index contributed by atoms with van der Waals surface area (Å²) in [5.74, 6) is -0.590. The van der Waals surface area contributed by atoms with Crippen LogP contribution in [0.2, 0.25) is 0 Å². The van der Waals surface area contributed by atoms with Gasteiger partial charge in [0.1, 0.15) is 0 Å². The summed E-state index contributed by atoms with van der Waals surface area (Å²) in [5, 5.41) is 8.05. The fraction of sp³-hybridized carbons (Fsp3) is 0.167. The van der Waals surface area contributed by atoms with E-state index in [-0.39, 0.29) is 11.9 Å². The van der Waals surface area contributed by atoms with Gasteiger partial charge in [-0.2, -0.15) is 0 Å². The van der Waals surface area contributed by atoms with Crippen molar-refractivity contribution in [1.29, 1.82) is 0 Å². The molecule has 2 rings (SSSR count). The van der Waals surface area contributed by atoms with Gasteiger partial charge in [0.15, 0.2) is 0 Å². The Labute approximate surface area is 145 Å². The lowest BCUT2D eigenvalue weighted by Crippen LogP contribution is -2.28. The molecule has 0 saturated heterocycles. The summed E-state index contributed by atoms with van der Waals surface area (Å²) in [6.45, 7) is 1.72. The van der Waals surface area contributed by atoms with E-state index in [0.29, 0.717) is 23.5 Å². The number of esters is 1. The van der Waals surface area contributed by atoms with Crippen LogP contribution < -0.4 is 16.0 Å². The average Bonchev–Trinajstić information content (AvgIpc) is 2.59. The Morgan fingerprint density at radius 1 is 0.960 bits per heavy atom. The van der Waals surface area contributed by atoms with Crippen LogP contribution in [0.25, 0.3) is 0 Å². The smallest absolute Gasteiger partial charge is 0.337 e. The molecule has 130 valence electrons. The van der Waals surface area contributed by atoms with E-state index in [0.717, 1.165) is 5.56 Å². The maximum absolute atomic E-state index is 12.0. The van der Waals surface area contributed by atoms with Gasteiger partial charge in [-0.05, 0) is 35.9 Å². The first-order valence-electron chi connectivity index (χ1n) is 7.57. The molecule has 0 bridgehead atoms. The van der Waals surface area contributed by atoms with Crippen molar-refractivity contribution in [1.82, 2.24) is 5.32 Å². The van der Waals surface area contributed by atoms with Gasteiger partial charge >= 0.3 is 12.0 Å². The molecular weight excluding hydrogens is 322 g/mol. The summed E-state index contributed by atoms with van der Waals surface area (Å²) in [5.41, 5.74) is 2.45. The van der Waals surface area contributed by atoms with Gasteiger partial charge in [0.2, 0.25) is 5.91 Å². The summed E-state index contributed by atoms with van der Waals surface area (Å²) in [7, 11) is 1.32. The molecule has 0 unspecified atom stereocenters. The van der Waals surface area contributed by atoms with E-state index in [1.165, 1.54) is 14.0 Å². The molecule has 0 heterocycles. The number of nitrogens with one attached hydrogen (secondary N) is 3. The highest BCUT2D eigenvalue weighted by molar-refractivity contribution is 5.92. The highest BCUT2D eigenvalue weighted by Crippen LogP contribution is 2.15. The molecule has 0 atom stereocenters. The van der Waals surface area contributed by atoms with Crippen LogP contribution in [0.4, 0.5) is 16.2 Å². The molecule has 7 nitrogen and oxygen atoms in total. The number of hydrogen-bond donors (Lipinski definition) is 3. The number of benzene rings is 2. The third-order valence-electron chi connectivity index (χ3n) is 3.27. The highest BCUT2D eigenvalue weighted by Gasteiger charge is 2.06. The van der Waals surface area contributed by atoms with Crippen molar-refractivity contribution in [2.75, 3.05) is 17.7 Å². The van der Waals surface area contributed by atoms with Crippen molar-refractivity contribution in [3.8, 4) is 0 Å². The Kier molecular flexibility index (Phi) is 6.11. The summed E-state index contributed by atoms with van der Waals surface area (Å²) in [4.78, 5) is 34.4. The fourth-order valence-electron chi connectivity index (χ4n) is 2.11. The van der Waals surface area contributed by atoms with Crippen LogP contribution >= 0.6 is 0 Å². The van der Waals surface area contributed by atoms with Crippen LogP contribution in [-0.4, -0.2) is 25.0 Å². The van der Waals surface area contributed by atoms with Gasteiger partial charge < -0.3 is 20.7 Å². The normalized spacial score (nSPS) is 9.84. The zero-order valence-corrected chi connectivity index (χ0v) is 14.0. The number of carbonyl (C=O) groups is 3. The van der Waals surface area contributed by atoms with Crippen LogP contribution in [0.5, 0.6) is 0 Å². The molecule has 0 aliphatic carbocycles. The van der Waals surface area contributed by atoms with E-state index in [2.05, 4.69) is 20.7 Å². The Bertz CT molecular complexity index is 772. The molecule has 3 amide bonds. The van der Waals surface area contributed by atoms with E-state index in [1.807, 2.05) is 0 Å². The van der Waals surface area contributed by atoms with Crippen LogP contribution in [0, 0.1) is 0 Å². The van der Waals surface area contributed by atoms with Gasteiger partial charge in [-0.1, -0.05) is 18.2 Å². The van der Waals surface area contributed by atoms with Gasteiger partial charge in [0.05, 0.1) is 12.7 Å². The first-order valence-corrected chi connectivity index (χ1v) is 7.57. The molecule has 0 saturated carbocycles. The molecule has 25 heavy (non-hydrogen) atoms. The zero-order chi connectivity index (χ0) is 18.2. The van der Waals surface area contributed by atoms with Crippen molar-refractivity contribution in [2.45, 2.75) is 13.5 Å². The van der Waals surface area contributed by atoms with Crippen molar-refractivity contribution < 1.29 is 19.1 Å². The third-order valence-corrected chi connectivity index (χ3v) is 3.27. The van der Waals surface area contributed by atoms with E-state index < -0.39 is 5.97 Å². The van der Waals surface area contributed by atoms with Gasteiger partial charge in [-0.25, -0.2) is 9.59 Å². The molecule has 0 spiro atoms. The lowest BCUT2D eigenvalue weighted by atomic mass is 10.1. The van der Waals surface area contributed by atoms with Crippen LogP contribution in [0.15, 0.2) is 48.5 Å². The van der Waals surface area contributed by atoms with Crippen molar-refractivity contribution in [2.24, 2.45) is 0 Å². The van der Waals surface area contributed by atoms with E-state index in [9.17, 15) is 14.4 Å². The number of amides is 3. The molecule has 0 aliphatic heterocycles. The van der Waals surface area contributed by atoms with Crippen molar-refractivity contribution in [3.63, 3.8) is 0 Å². The first kappa shape index (κ1) is 18.0. The van der Waals surface area contributed by atoms with Gasteiger partial charge in [-0.15, -0.1) is 0 Å². The summed E-state index contributed by atoms with van der Waals surface area (Å²) in [6, 6.07) is 13.2. The SMILES string of the molecule is COC(=O)c1ccc(CNC(=O)Nc2cccc(NC(C)=O)c2)cc1. The molecule has 2 aromatic carbocycles. The van der Waals surface area contributed by atoms with E-state index >= 15 is 0 Å². The molecule has 3 N–H and O–H groups in total. The maximum atomic E-state index is 12.0. The number of ether oxygens (including phenoxy) is 1. The Balaban J connectivity index is 1.88. The maximum Gasteiger partial charge on any atom is 0.337 e. The van der Waals surface area contributed by atoms with Crippen LogP contribution in [0.3, 0.4) is 0 Å². The van der Waals surface area contributed by atoms with E-state index in [4.69, 9.17) is 0 Å². The summed E-state index contributed by atoms with van der Waals surface area (Å²) < 4.78 is 4.63. The molecule has 7 heteroatoms. The number of rotatable bonds is 5. The molecule has 0 aliphatic rings. The number of urea groups is 1. The topological polar surface area (TPSA) is 96.5 Å². The average molecular weight is 341 g/mol. The molecule has 2 aromatic rings. The minimum absolute atomic E-state index is 0.183. The second-order valence-electron chi connectivity index (χ2n) is 5.26. The Morgan fingerprint density at radius 2 is 1.60 bits per heavy atom. The van der Waals surface area contributed by atoms with Crippen LogP contribution in [0.1, 0.15) is 22.8 Å². The largest absolute Gasteiger partial charge is 0.465 e. The quantitative estimate of drug-likeness (QED) is 0.729. The first-order chi connectivity index (χ1) is 12.0. The second kappa shape index (κ2) is 8.49. The highest BCUT2D eigenvalue weighted by atomic mass is 16.5. The zero-order valence-electron chi connectivity index (χ0n) is 14.0. The number of hydrogen-bond acceptors (Lipinski definition) is 4. The molecule has 0 fully saturated rings. The Hall–Kier alpha value is -3.35. The van der Waals surface area contributed by atoms with E-state index in [1.54, 1.807) is 48.5 Å². The minimum Gasteiger partial charge on any atom is -0.465 e. The van der Waals surface area contributed by atoms with Gasteiger partial charge in [-0.3, -0.25) is 4.79 Å². The second-order valence-corrected chi connectivity index (χ2v) is 5.26. The van der Waals surface area contributed by atoms with Gasteiger partial charge in [0.25, 0.3) is 0 Å². The fourth-order valence-corrected chi connectivity index (χ4v) is 2.11. The van der Waals surface area contributed by atoms with Gasteiger partial charge in [0, 0.05) is 24.8 Å². The Morgan fingerprint density at radius 3 is 2.20 bits per heavy atom. The standard InChI is InChI=1S/C18H19N3O4/c1-12(22)20-15-4-3-5-16(10-15)21-18(24)19-11-13-6-8-14(9-7-13)17(23)25-2/h3-10H,11H2,1-2H3,(H,20,22)(H2,19,21,24). The molecule has 0 aromatic heterocycles. The third kappa shape index (κ3) is 5.65. The molecule has 0 radical (unpaired) electrons. The lowest BCUT2D eigenvalue weighted by Gasteiger charge is -2.09. The lowest BCUT2D eigenvalue weighted by molar-refractivity contribution is -0.114. The van der Waals surface area contributed by atoms with Crippen molar-refractivity contribution >= 4 is 29.3 Å². The molecular formula is C18H19N3O4. The predicted molar refractivity (Wildman–Crippen MR) is 94.4 cm³/mol. The van der Waals surface area contributed by atoms with Crippen LogP contribution in [-0.2, 0) is 16.1 Å². The summed E-state index contributed by atoms with van der Waals surface area (Å²) >= 11 is 0. The number of carbonyl (C=O) groups excluding carboxylic acids is 3. The number of anilines is 2. The monoisotopic (exact) mass is 341 g/mol. The minimum atomic E-state index is -0.406.